The fraction of sp³-hybridized carbons (Fsp3) is 0.895. The summed E-state index contributed by atoms with van der Waals surface area (Å²) in [6, 6.07) is 0. The Morgan fingerprint density at radius 1 is 1.32 bits per heavy atom. The second kappa shape index (κ2) is 9.41. The number of hydrogen-bond acceptors (Lipinski definition) is 4. The first-order chi connectivity index (χ1) is 12.0. The van der Waals surface area contributed by atoms with E-state index in [0.29, 0.717) is 19.7 Å². The van der Waals surface area contributed by atoms with Crippen molar-refractivity contribution >= 4 is 11.9 Å². The standard InChI is InChI=1S/C19H35N3O3/c1-4-20-18(21-14-19(3)11-7-6-10-16(19)23)22-12-8-9-15(13-22)17(24)25-5-2/h15-16,23H,4-14H2,1-3H3,(H,20,21). The van der Waals surface area contributed by atoms with Crippen molar-refractivity contribution < 1.29 is 14.6 Å². The van der Waals surface area contributed by atoms with E-state index >= 15 is 0 Å². The number of esters is 1. The third-order valence-electron chi connectivity index (χ3n) is 5.55. The normalized spacial score (nSPS) is 30.9. The lowest BCUT2D eigenvalue weighted by atomic mass is 9.73. The van der Waals surface area contributed by atoms with Gasteiger partial charge in [-0.15, -0.1) is 0 Å². The fourth-order valence-corrected chi connectivity index (χ4v) is 3.87. The molecule has 1 saturated heterocycles. The Kier molecular flexibility index (Phi) is 7.54. The summed E-state index contributed by atoms with van der Waals surface area (Å²) in [7, 11) is 0. The van der Waals surface area contributed by atoms with E-state index in [1.165, 1.54) is 0 Å². The molecule has 2 N–H and O–H groups in total. The zero-order valence-electron chi connectivity index (χ0n) is 16.1. The van der Waals surface area contributed by atoms with Crippen molar-refractivity contribution in [2.75, 3.05) is 32.8 Å². The minimum atomic E-state index is -0.276. The molecule has 2 aliphatic rings. The summed E-state index contributed by atoms with van der Waals surface area (Å²) in [5.41, 5.74) is -0.144. The number of carbonyl (C=O) groups excluding carboxylic acids is 1. The number of nitrogens with one attached hydrogen (secondary N) is 1. The molecule has 6 nitrogen and oxygen atoms in total. The summed E-state index contributed by atoms with van der Waals surface area (Å²) in [6.45, 7) is 9.45. The molecule has 0 radical (unpaired) electrons. The van der Waals surface area contributed by atoms with E-state index in [9.17, 15) is 9.90 Å². The van der Waals surface area contributed by atoms with Gasteiger partial charge in [0.2, 0.25) is 0 Å². The molecule has 1 heterocycles. The molecular weight excluding hydrogens is 318 g/mol. The van der Waals surface area contributed by atoms with Crippen LogP contribution in [0.25, 0.3) is 0 Å². The maximum Gasteiger partial charge on any atom is 0.310 e. The fourth-order valence-electron chi connectivity index (χ4n) is 3.87. The van der Waals surface area contributed by atoms with Gasteiger partial charge < -0.3 is 20.1 Å². The van der Waals surface area contributed by atoms with Crippen LogP contribution in [0.4, 0.5) is 0 Å². The van der Waals surface area contributed by atoms with Gasteiger partial charge in [0.15, 0.2) is 5.96 Å². The number of rotatable bonds is 5. The van der Waals surface area contributed by atoms with Crippen LogP contribution in [0.15, 0.2) is 4.99 Å². The summed E-state index contributed by atoms with van der Waals surface area (Å²) in [5, 5.41) is 13.7. The van der Waals surface area contributed by atoms with Gasteiger partial charge in [0.25, 0.3) is 0 Å². The first-order valence-electron chi connectivity index (χ1n) is 9.88. The van der Waals surface area contributed by atoms with Gasteiger partial charge >= 0.3 is 5.97 Å². The monoisotopic (exact) mass is 353 g/mol. The Morgan fingerprint density at radius 3 is 2.80 bits per heavy atom. The van der Waals surface area contributed by atoms with E-state index in [1.54, 1.807) is 0 Å². The van der Waals surface area contributed by atoms with Gasteiger partial charge in [-0.05, 0) is 39.5 Å². The molecule has 3 unspecified atom stereocenters. The highest BCUT2D eigenvalue weighted by Crippen LogP contribution is 2.36. The van der Waals surface area contributed by atoms with Gasteiger partial charge in [-0.2, -0.15) is 0 Å². The number of ether oxygens (including phenoxy) is 1. The summed E-state index contributed by atoms with van der Waals surface area (Å²) in [5.74, 6) is 0.682. The molecule has 0 aromatic carbocycles. The number of carbonyl (C=O) groups is 1. The van der Waals surface area contributed by atoms with Crippen LogP contribution >= 0.6 is 0 Å². The molecule has 1 saturated carbocycles. The second-order valence-corrected chi connectivity index (χ2v) is 7.62. The third kappa shape index (κ3) is 5.33. The number of guanidine groups is 1. The number of piperidine rings is 1. The molecule has 1 aliphatic carbocycles. The summed E-state index contributed by atoms with van der Waals surface area (Å²) in [6.07, 6.45) is 5.72. The van der Waals surface area contributed by atoms with Crippen molar-refractivity contribution in [1.29, 1.82) is 0 Å². The topological polar surface area (TPSA) is 74.2 Å². The number of aliphatic hydroxyl groups is 1. The number of nitrogens with zero attached hydrogens (tertiary/aromatic N) is 2. The minimum absolute atomic E-state index is 0.0755. The van der Waals surface area contributed by atoms with Crippen LogP contribution in [-0.2, 0) is 9.53 Å². The van der Waals surface area contributed by atoms with Crippen molar-refractivity contribution in [3.05, 3.63) is 0 Å². The predicted molar refractivity (Wildman–Crippen MR) is 99.5 cm³/mol. The van der Waals surface area contributed by atoms with Gasteiger partial charge in [-0.3, -0.25) is 9.79 Å². The summed E-state index contributed by atoms with van der Waals surface area (Å²) in [4.78, 5) is 19.1. The van der Waals surface area contributed by atoms with Crippen molar-refractivity contribution in [2.24, 2.45) is 16.3 Å². The molecule has 6 heteroatoms. The van der Waals surface area contributed by atoms with E-state index in [2.05, 4.69) is 24.1 Å². The van der Waals surface area contributed by atoms with Crippen molar-refractivity contribution in [2.45, 2.75) is 65.4 Å². The van der Waals surface area contributed by atoms with Crippen LogP contribution in [0.3, 0.4) is 0 Å². The maximum absolute atomic E-state index is 12.1. The quantitative estimate of drug-likeness (QED) is 0.450. The molecule has 0 amide bonds. The van der Waals surface area contributed by atoms with Crippen LogP contribution in [0.2, 0.25) is 0 Å². The SMILES string of the molecule is CCNC(=NCC1(C)CCCCC1O)N1CCCC(C(=O)OCC)C1. The number of hydrogen-bond donors (Lipinski definition) is 2. The molecule has 144 valence electrons. The lowest BCUT2D eigenvalue weighted by molar-refractivity contribution is -0.149. The number of likely N-dealkylation sites (tertiary alicyclic amines) is 1. The largest absolute Gasteiger partial charge is 0.466 e. The predicted octanol–water partition coefficient (Wildman–Crippen LogP) is 2.17. The zero-order chi connectivity index (χ0) is 18.3. The average Bonchev–Trinajstić information content (AvgIpc) is 2.62. The highest BCUT2D eigenvalue weighted by Gasteiger charge is 2.36. The Balaban J connectivity index is 2.04. The molecule has 0 aromatic rings. The molecule has 25 heavy (non-hydrogen) atoms. The van der Waals surface area contributed by atoms with Crippen LogP contribution in [0.5, 0.6) is 0 Å². The zero-order valence-corrected chi connectivity index (χ0v) is 16.1. The van der Waals surface area contributed by atoms with E-state index < -0.39 is 0 Å². The Morgan fingerprint density at radius 2 is 2.12 bits per heavy atom. The van der Waals surface area contributed by atoms with Crippen LogP contribution < -0.4 is 5.32 Å². The molecule has 0 aromatic heterocycles. The van der Waals surface area contributed by atoms with Gasteiger partial charge in [-0.25, -0.2) is 0 Å². The molecule has 2 rings (SSSR count). The van der Waals surface area contributed by atoms with Crippen molar-refractivity contribution in [3.63, 3.8) is 0 Å². The van der Waals surface area contributed by atoms with Crippen molar-refractivity contribution in [3.8, 4) is 0 Å². The molecule has 3 atom stereocenters. The van der Waals surface area contributed by atoms with Gasteiger partial charge in [0.05, 0.1) is 25.2 Å². The molecule has 0 bridgehead atoms. The van der Waals surface area contributed by atoms with Crippen LogP contribution in [0, 0.1) is 11.3 Å². The summed E-state index contributed by atoms with van der Waals surface area (Å²) >= 11 is 0. The van der Waals surface area contributed by atoms with Gasteiger partial charge in [0.1, 0.15) is 0 Å². The first kappa shape index (κ1) is 20.0. The van der Waals surface area contributed by atoms with Crippen LogP contribution in [0.1, 0.15) is 59.3 Å². The smallest absolute Gasteiger partial charge is 0.310 e. The van der Waals surface area contributed by atoms with E-state index in [-0.39, 0.29) is 23.4 Å². The van der Waals surface area contributed by atoms with E-state index in [4.69, 9.17) is 9.73 Å². The Bertz CT molecular complexity index is 469. The number of aliphatic imine (C=N–C) groups is 1. The molecule has 2 fully saturated rings. The Labute approximate surface area is 152 Å². The summed E-state index contributed by atoms with van der Waals surface area (Å²) < 4.78 is 5.20. The van der Waals surface area contributed by atoms with Gasteiger partial charge in [-0.1, -0.05) is 19.8 Å². The molecular formula is C19H35N3O3. The maximum atomic E-state index is 12.1. The minimum Gasteiger partial charge on any atom is -0.466 e. The van der Waals surface area contributed by atoms with Gasteiger partial charge in [0, 0.05) is 25.0 Å². The second-order valence-electron chi connectivity index (χ2n) is 7.62. The van der Waals surface area contributed by atoms with E-state index in [0.717, 1.165) is 57.6 Å². The van der Waals surface area contributed by atoms with E-state index in [1.807, 2.05) is 6.92 Å². The highest BCUT2D eigenvalue weighted by molar-refractivity contribution is 5.81. The average molecular weight is 354 g/mol. The highest BCUT2D eigenvalue weighted by atomic mass is 16.5. The van der Waals surface area contributed by atoms with Crippen molar-refractivity contribution in [1.82, 2.24) is 10.2 Å². The van der Waals surface area contributed by atoms with Crippen LogP contribution in [-0.4, -0.2) is 60.8 Å². The first-order valence-corrected chi connectivity index (χ1v) is 9.88. The Hall–Kier alpha value is -1.30. The molecule has 0 spiro atoms. The lowest BCUT2D eigenvalue weighted by Crippen LogP contribution is -2.49. The molecule has 1 aliphatic heterocycles. The number of aliphatic hydroxyl groups excluding tert-OH is 1. The third-order valence-corrected chi connectivity index (χ3v) is 5.55. The lowest BCUT2D eigenvalue weighted by Gasteiger charge is -2.38.